The number of nitrogens with one attached hydrogen (secondary N) is 1. The van der Waals surface area contributed by atoms with Crippen LogP contribution < -0.4 is 5.32 Å². The fourth-order valence-corrected chi connectivity index (χ4v) is 1.43. The first-order chi connectivity index (χ1) is 5.66. The van der Waals surface area contributed by atoms with E-state index in [1.54, 1.807) is 0 Å². The minimum absolute atomic E-state index is 0.00340. The van der Waals surface area contributed by atoms with Crippen LogP contribution in [0.4, 0.5) is 0 Å². The van der Waals surface area contributed by atoms with E-state index >= 15 is 0 Å². The second-order valence-electron chi connectivity index (χ2n) is 3.87. The molecule has 72 valence electrons. The van der Waals surface area contributed by atoms with Gasteiger partial charge in [-0.05, 0) is 26.7 Å². The Morgan fingerprint density at radius 3 is 2.92 bits per heavy atom. The molecule has 0 aromatic rings. The molecular formula is C9H19NO2. The maximum Gasteiger partial charge on any atom is 0.0779 e. The van der Waals surface area contributed by atoms with E-state index in [9.17, 15) is 0 Å². The lowest BCUT2D eigenvalue weighted by Gasteiger charge is -2.25. The summed E-state index contributed by atoms with van der Waals surface area (Å²) in [5, 5.41) is 12.0. The van der Waals surface area contributed by atoms with Crippen LogP contribution in [0.5, 0.6) is 0 Å². The van der Waals surface area contributed by atoms with E-state index in [1.807, 2.05) is 6.92 Å². The largest absolute Gasteiger partial charge is 0.395 e. The first kappa shape index (κ1) is 9.96. The third kappa shape index (κ3) is 2.73. The summed E-state index contributed by atoms with van der Waals surface area (Å²) in [5.74, 6) is 0. The zero-order chi connectivity index (χ0) is 9.03. The molecule has 0 spiro atoms. The molecule has 3 nitrogen and oxygen atoms in total. The maximum atomic E-state index is 8.79. The van der Waals surface area contributed by atoms with Gasteiger partial charge in [0, 0.05) is 19.2 Å². The molecule has 0 aromatic heterocycles. The molecule has 1 saturated heterocycles. The Morgan fingerprint density at radius 1 is 1.67 bits per heavy atom. The predicted octanol–water partition coefficient (Wildman–Crippen LogP) is 0.526. The fraction of sp³-hybridized carbons (Fsp3) is 1.00. The molecule has 1 aliphatic heterocycles. The van der Waals surface area contributed by atoms with Gasteiger partial charge in [0.1, 0.15) is 0 Å². The van der Waals surface area contributed by atoms with Gasteiger partial charge in [-0.15, -0.1) is 0 Å². The molecule has 0 radical (unpaired) electrons. The molecule has 0 amide bonds. The molecule has 1 aliphatic rings. The van der Waals surface area contributed by atoms with Crippen molar-refractivity contribution in [2.75, 3.05) is 19.8 Å². The van der Waals surface area contributed by atoms with Crippen LogP contribution in [0.3, 0.4) is 0 Å². The highest BCUT2D eigenvalue weighted by Crippen LogP contribution is 2.23. The molecule has 1 rings (SSSR count). The predicted molar refractivity (Wildman–Crippen MR) is 48.1 cm³/mol. The number of hydrogen-bond donors (Lipinski definition) is 2. The van der Waals surface area contributed by atoms with Crippen LogP contribution in [0.2, 0.25) is 0 Å². The zero-order valence-corrected chi connectivity index (χ0v) is 7.97. The van der Waals surface area contributed by atoms with Crippen molar-refractivity contribution in [1.29, 1.82) is 0 Å². The smallest absolute Gasteiger partial charge is 0.0779 e. The van der Waals surface area contributed by atoms with Crippen LogP contribution in [0, 0.1) is 0 Å². The van der Waals surface area contributed by atoms with E-state index in [0.717, 1.165) is 26.0 Å². The Bertz CT molecular complexity index is 132. The van der Waals surface area contributed by atoms with Gasteiger partial charge in [0.2, 0.25) is 0 Å². The van der Waals surface area contributed by atoms with Gasteiger partial charge < -0.3 is 15.2 Å². The van der Waals surface area contributed by atoms with Crippen molar-refractivity contribution in [1.82, 2.24) is 5.32 Å². The van der Waals surface area contributed by atoms with Gasteiger partial charge in [-0.25, -0.2) is 0 Å². The van der Waals surface area contributed by atoms with E-state index in [2.05, 4.69) is 12.2 Å². The lowest BCUT2D eigenvalue weighted by molar-refractivity contribution is 0.0177. The Morgan fingerprint density at radius 2 is 2.42 bits per heavy atom. The van der Waals surface area contributed by atoms with Crippen LogP contribution in [-0.2, 0) is 4.74 Å². The van der Waals surface area contributed by atoms with E-state index in [1.165, 1.54) is 0 Å². The summed E-state index contributed by atoms with van der Waals surface area (Å²) >= 11 is 0. The van der Waals surface area contributed by atoms with Crippen molar-refractivity contribution in [3.8, 4) is 0 Å². The van der Waals surface area contributed by atoms with Gasteiger partial charge in [0.05, 0.1) is 12.2 Å². The van der Waals surface area contributed by atoms with Crippen LogP contribution in [0.15, 0.2) is 0 Å². The van der Waals surface area contributed by atoms with Crippen molar-refractivity contribution in [3.63, 3.8) is 0 Å². The molecule has 0 saturated carbocycles. The van der Waals surface area contributed by atoms with Crippen LogP contribution in [0.25, 0.3) is 0 Å². The number of aliphatic hydroxyl groups is 1. The summed E-state index contributed by atoms with van der Waals surface area (Å²) in [6.45, 7) is 6.01. The SMILES string of the molecule is CC(CO)NCC1(C)CCCO1. The Hall–Kier alpha value is -0.120. The summed E-state index contributed by atoms with van der Waals surface area (Å²) in [6.07, 6.45) is 2.28. The number of ether oxygens (including phenoxy) is 1. The highest BCUT2D eigenvalue weighted by Gasteiger charge is 2.29. The summed E-state index contributed by atoms with van der Waals surface area (Å²) in [5.41, 5.74) is 0.00340. The molecule has 12 heavy (non-hydrogen) atoms. The normalized spacial score (nSPS) is 32.2. The van der Waals surface area contributed by atoms with Crippen molar-refractivity contribution in [3.05, 3.63) is 0 Å². The molecule has 0 bridgehead atoms. The highest BCUT2D eigenvalue weighted by atomic mass is 16.5. The summed E-state index contributed by atoms with van der Waals surface area (Å²) < 4.78 is 5.59. The van der Waals surface area contributed by atoms with Gasteiger partial charge in [-0.3, -0.25) is 0 Å². The third-order valence-electron chi connectivity index (χ3n) is 2.40. The fourth-order valence-electron chi connectivity index (χ4n) is 1.43. The van der Waals surface area contributed by atoms with E-state index in [0.29, 0.717) is 0 Å². The summed E-state index contributed by atoms with van der Waals surface area (Å²) in [4.78, 5) is 0. The molecule has 1 heterocycles. The molecule has 0 aliphatic carbocycles. The van der Waals surface area contributed by atoms with Gasteiger partial charge >= 0.3 is 0 Å². The molecule has 2 atom stereocenters. The number of hydrogen-bond acceptors (Lipinski definition) is 3. The Kier molecular flexibility index (Phi) is 3.50. The highest BCUT2D eigenvalue weighted by molar-refractivity contribution is 4.83. The van der Waals surface area contributed by atoms with Crippen molar-refractivity contribution >= 4 is 0 Å². The lowest BCUT2D eigenvalue weighted by atomic mass is 10.0. The van der Waals surface area contributed by atoms with Crippen molar-refractivity contribution in [2.45, 2.75) is 38.3 Å². The summed E-state index contributed by atoms with van der Waals surface area (Å²) in [6, 6.07) is 0.172. The minimum atomic E-state index is 0.00340. The Balaban J connectivity index is 2.21. The minimum Gasteiger partial charge on any atom is -0.395 e. The van der Waals surface area contributed by atoms with Crippen LogP contribution in [-0.4, -0.2) is 36.5 Å². The first-order valence-corrected chi connectivity index (χ1v) is 4.64. The zero-order valence-electron chi connectivity index (χ0n) is 7.97. The molecule has 2 N–H and O–H groups in total. The standard InChI is InChI=1S/C9H19NO2/c1-8(6-11)10-7-9(2)4-3-5-12-9/h8,10-11H,3-7H2,1-2H3. The third-order valence-corrected chi connectivity index (χ3v) is 2.40. The van der Waals surface area contributed by atoms with Gasteiger partial charge in [0.25, 0.3) is 0 Å². The molecule has 1 fully saturated rings. The monoisotopic (exact) mass is 173 g/mol. The van der Waals surface area contributed by atoms with Crippen molar-refractivity contribution in [2.24, 2.45) is 0 Å². The first-order valence-electron chi connectivity index (χ1n) is 4.64. The second-order valence-corrected chi connectivity index (χ2v) is 3.87. The van der Waals surface area contributed by atoms with Gasteiger partial charge in [0.15, 0.2) is 0 Å². The molecule has 2 unspecified atom stereocenters. The van der Waals surface area contributed by atoms with Gasteiger partial charge in [-0.2, -0.15) is 0 Å². The lowest BCUT2D eigenvalue weighted by Crippen LogP contribution is -2.42. The number of aliphatic hydroxyl groups excluding tert-OH is 1. The molecule has 3 heteroatoms. The summed E-state index contributed by atoms with van der Waals surface area (Å²) in [7, 11) is 0. The molecule has 0 aromatic carbocycles. The van der Waals surface area contributed by atoms with Crippen molar-refractivity contribution < 1.29 is 9.84 Å². The quantitative estimate of drug-likeness (QED) is 0.651. The van der Waals surface area contributed by atoms with Gasteiger partial charge in [-0.1, -0.05) is 0 Å². The van der Waals surface area contributed by atoms with E-state index in [4.69, 9.17) is 9.84 Å². The van der Waals surface area contributed by atoms with E-state index < -0.39 is 0 Å². The molecular weight excluding hydrogens is 154 g/mol. The average Bonchev–Trinajstić information content (AvgIpc) is 2.49. The van der Waals surface area contributed by atoms with Crippen LogP contribution >= 0.6 is 0 Å². The maximum absolute atomic E-state index is 8.79. The average molecular weight is 173 g/mol. The Labute approximate surface area is 74.1 Å². The van der Waals surface area contributed by atoms with E-state index in [-0.39, 0.29) is 18.2 Å². The second kappa shape index (κ2) is 4.21. The topological polar surface area (TPSA) is 41.5 Å². The van der Waals surface area contributed by atoms with Crippen LogP contribution in [0.1, 0.15) is 26.7 Å². The number of rotatable bonds is 4.